The van der Waals surface area contributed by atoms with Gasteiger partial charge in [-0.1, -0.05) is 0 Å². The summed E-state index contributed by atoms with van der Waals surface area (Å²) in [6.07, 6.45) is 6.33. The van der Waals surface area contributed by atoms with Crippen molar-refractivity contribution in [2.75, 3.05) is 19.0 Å². The van der Waals surface area contributed by atoms with Crippen molar-refractivity contribution in [3.05, 3.63) is 71.9 Å². The molecule has 4 aromatic rings. The van der Waals surface area contributed by atoms with E-state index in [0.29, 0.717) is 14.5 Å². The molecule has 0 radical (unpaired) electrons. The van der Waals surface area contributed by atoms with Gasteiger partial charge >= 0.3 is 148 Å². The van der Waals surface area contributed by atoms with Gasteiger partial charge in [0.2, 0.25) is 0 Å². The van der Waals surface area contributed by atoms with Crippen LogP contribution in [0.4, 0.5) is 5.69 Å². The van der Waals surface area contributed by atoms with Crippen LogP contribution >= 0.6 is 0 Å². The van der Waals surface area contributed by atoms with Gasteiger partial charge in [-0.25, -0.2) is 0 Å². The van der Waals surface area contributed by atoms with Crippen molar-refractivity contribution >= 4 is 51.8 Å². The number of hydrogen-bond donors (Lipinski definition) is 0. The molecule has 2 nitrogen and oxygen atoms in total. The van der Waals surface area contributed by atoms with Gasteiger partial charge in [0.25, 0.3) is 0 Å². The summed E-state index contributed by atoms with van der Waals surface area (Å²) < 4.78 is 2.68. The maximum atomic E-state index is 4.61. The number of benzene rings is 2. The van der Waals surface area contributed by atoms with Gasteiger partial charge in [0.1, 0.15) is 0 Å². The first-order valence-corrected chi connectivity index (χ1v) is 9.65. The Labute approximate surface area is 147 Å². The van der Waals surface area contributed by atoms with Crippen molar-refractivity contribution in [3.63, 3.8) is 0 Å². The Hall–Kier alpha value is -2.35. The van der Waals surface area contributed by atoms with Gasteiger partial charge in [0.15, 0.2) is 0 Å². The maximum absolute atomic E-state index is 4.61. The van der Waals surface area contributed by atoms with Crippen LogP contribution in [0.15, 0.2) is 60.8 Å². The summed E-state index contributed by atoms with van der Waals surface area (Å²) in [4.78, 5) is 6.72. The second kappa shape index (κ2) is 6.27. The second-order valence-corrected chi connectivity index (χ2v) is 8.16. The Kier molecular flexibility index (Phi) is 3.97. The Morgan fingerprint density at radius 1 is 0.917 bits per heavy atom. The van der Waals surface area contributed by atoms with Crippen LogP contribution in [0.5, 0.6) is 0 Å². The van der Waals surface area contributed by atoms with Gasteiger partial charge in [-0.15, -0.1) is 0 Å². The van der Waals surface area contributed by atoms with Crippen molar-refractivity contribution in [2.24, 2.45) is 0 Å². The van der Waals surface area contributed by atoms with E-state index < -0.39 is 0 Å². The molecule has 0 amide bonds. The first-order valence-electron chi connectivity index (χ1n) is 7.94. The zero-order chi connectivity index (χ0) is 16.5. The fourth-order valence-electron chi connectivity index (χ4n) is 2.88. The van der Waals surface area contributed by atoms with Gasteiger partial charge in [0.05, 0.1) is 0 Å². The molecule has 0 aliphatic carbocycles. The van der Waals surface area contributed by atoms with Crippen LogP contribution in [-0.4, -0.2) is 33.6 Å². The van der Waals surface area contributed by atoms with Crippen molar-refractivity contribution in [1.29, 1.82) is 0 Å². The van der Waals surface area contributed by atoms with Crippen molar-refractivity contribution in [1.82, 2.24) is 4.98 Å². The molecule has 0 unspecified atom stereocenters. The molecule has 0 atom stereocenters. The molecule has 2 heterocycles. The predicted octanol–water partition coefficient (Wildman–Crippen LogP) is 4.68. The fourth-order valence-corrected chi connectivity index (χ4v) is 5.14. The Morgan fingerprint density at radius 2 is 1.71 bits per heavy atom. The molecule has 4 rings (SSSR count). The molecule has 0 spiro atoms. The third-order valence-corrected chi connectivity index (χ3v) is 6.44. The molecule has 0 bridgehead atoms. The summed E-state index contributed by atoms with van der Waals surface area (Å²) in [6.45, 7) is 0. The third kappa shape index (κ3) is 2.77. The van der Waals surface area contributed by atoms with E-state index in [1.165, 1.54) is 36.2 Å². The molecule has 0 fully saturated rings. The van der Waals surface area contributed by atoms with Crippen LogP contribution in [0.1, 0.15) is 11.1 Å². The summed E-state index contributed by atoms with van der Waals surface area (Å²) in [5.41, 5.74) is 3.68. The summed E-state index contributed by atoms with van der Waals surface area (Å²) in [5, 5.41) is 2.66. The average molecular weight is 377 g/mol. The Morgan fingerprint density at radius 3 is 2.50 bits per heavy atom. The van der Waals surface area contributed by atoms with Crippen LogP contribution in [-0.2, 0) is 0 Å². The Bertz CT molecular complexity index is 1030. The number of pyridine rings is 1. The van der Waals surface area contributed by atoms with Crippen LogP contribution < -0.4 is 4.90 Å². The van der Waals surface area contributed by atoms with E-state index in [4.69, 9.17) is 0 Å². The fraction of sp³-hybridized carbons (Fsp3) is 0.0952. The van der Waals surface area contributed by atoms with Crippen LogP contribution in [0.3, 0.4) is 0 Å². The van der Waals surface area contributed by atoms with Gasteiger partial charge in [-0.3, -0.25) is 0 Å². The molecule has 0 aliphatic heterocycles. The molecule has 0 N–H and O–H groups in total. The van der Waals surface area contributed by atoms with E-state index in [2.05, 4.69) is 90.7 Å². The monoisotopic (exact) mass is 378 g/mol. The molecule has 2 aromatic heterocycles. The molecule has 0 aliphatic rings. The van der Waals surface area contributed by atoms with E-state index in [1.54, 1.807) is 0 Å². The third-order valence-electron chi connectivity index (χ3n) is 4.18. The molecule has 0 saturated carbocycles. The molecule has 0 saturated heterocycles. The summed E-state index contributed by atoms with van der Waals surface area (Å²) in [7, 11) is 4.12. The molecular weight excluding hydrogens is 359 g/mol. The van der Waals surface area contributed by atoms with Crippen molar-refractivity contribution in [3.8, 4) is 0 Å². The topological polar surface area (TPSA) is 16.1 Å². The van der Waals surface area contributed by atoms with E-state index in [9.17, 15) is 0 Å². The number of fused-ring (bicyclic) bond motifs is 3. The van der Waals surface area contributed by atoms with Gasteiger partial charge < -0.3 is 0 Å². The van der Waals surface area contributed by atoms with Crippen LogP contribution in [0.25, 0.3) is 31.6 Å². The second-order valence-electron chi connectivity index (χ2n) is 6.00. The predicted molar refractivity (Wildman–Crippen MR) is 106 cm³/mol. The normalized spacial score (nSPS) is 11.6. The average Bonchev–Trinajstić information content (AvgIpc) is 2.99. The van der Waals surface area contributed by atoms with Crippen molar-refractivity contribution in [2.45, 2.75) is 0 Å². The zero-order valence-corrected chi connectivity index (χ0v) is 15.4. The van der Waals surface area contributed by atoms with Crippen LogP contribution in [0, 0.1) is 0 Å². The van der Waals surface area contributed by atoms with Gasteiger partial charge in [-0.2, -0.15) is 0 Å². The van der Waals surface area contributed by atoms with E-state index >= 15 is 0 Å². The molecule has 24 heavy (non-hydrogen) atoms. The zero-order valence-electron chi connectivity index (χ0n) is 13.7. The van der Waals surface area contributed by atoms with E-state index in [1.807, 2.05) is 6.20 Å². The van der Waals surface area contributed by atoms with Gasteiger partial charge in [0, 0.05) is 0 Å². The first kappa shape index (κ1) is 15.2. The summed E-state index contributed by atoms with van der Waals surface area (Å²) in [6, 6.07) is 19.4. The number of anilines is 1. The number of nitrogens with zero attached hydrogens (tertiary/aromatic N) is 2. The molecule has 3 heteroatoms. The molecule has 118 valence electrons. The Balaban J connectivity index is 1.76. The van der Waals surface area contributed by atoms with E-state index in [0.717, 1.165) is 0 Å². The quantitative estimate of drug-likeness (QED) is 0.482. The molecular formula is C21H18N2Se. The molecule has 2 aromatic carbocycles. The number of aromatic nitrogens is 1. The standard InChI is InChI=1S/C21H18N2Se/c1-23(2)17-11-8-15(9-12-17)7-10-16-13-14-22-21-20(16)18-5-3-4-6-19(18)24-21/h3-14H,1-2H3. The van der Waals surface area contributed by atoms with E-state index in [-0.39, 0.29) is 0 Å². The minimum atomic E-state index is 0.323. The number of rotatable bonds is 3. The van der Waals surface area contributed by atoms with Crippen molar-refractivity contribution < 1.29 is 0 Å². The first-order chi connectivity index (χ1) is 11.7. The minimum absolute atomic E-state index is 0.323. The van der Waals surface area contributed by atoms with Gasteiger partial charge in [-0.05, 0) is 0 Å². The summed E-state index contributed by atoms with van der Waals surface area (Å²) >= 11 is 0.323. The SMILES string of the molecule is CN(C)c1ccc(C=Cc2ccnc3[se]c4ccccc4c23)cc1. The van der Waals surface area contributed by atoms with Crippen LogP contribution in [0.2, 0.25) is 0 Å². The number of hydrogen-bond acceptors (Lipinski definition) is 2. The summed E-state index contributed by atoms with van der Waals surface area (Å²) in [5.74, 6) is 0.